The molecule has 0 aliphatic carbocycles. The van der Waals surface area contributed by atoms with Crippen molar-refractivity contribution in [3.05, 3.63) is 83.9 Å². The van der Waals surface area contributed by atoms with Gasteiger partial charge in [0.2, 0.25) is 10.0 Å². The fraction of sp³-hybridized carbons (Fsp3) is 0.387. The minimum atomic E-state index is -4.21. The second-order valence-corrected chi connectivity index (χ2v) is 12.7. The van der Waals surface area contributed by atoms with Crippen LogP contribution in [0, 0.1) is 5.92 Å². The Morgan fingerprint density at radius 1 is 1.02 bits per heavy atom. The maximum absolute atomic E-state index is 13.9. The van der Waals surface area contributed by atoms with Crippen molar-refractivity contribution in [1.29, 1.82) is 0 Å². The van der Waals surface area contributed by atoms with E-state index < -0.39 is 53.0 Å². The van der Waals surface area contributed by atoms with Gasteiger partial charge in [-0.2, -0.15) is 4.31 Å². The van der Waals surface area contributed by atoms with Crippen LogP contribution in [-0.4, -0.2) is 85.5 Å². The topological polar surface area (TPSA) is 164 Å². The smallest absolute Gasteiger partial charge is 0.407 e. The van der Waals surface area contributed by atoms with Crippen molar-refractivity contribution in [3.8, 4) is 17.2 Å². The van der Waals surface area contributed by atoms with Crippen LogP contribution in [0.25, 0.3) is 0 Å². The number of fused-ring (bicyclic) bond motifs is 1. The Hall–Kier alpha value is -3.88. The molecule has 5 rings (SSSR count). The minimum absolute atomic E-state index is 0.0463. The molecular weight excluding hydrogens is 592 g/mol. The van der Waals surface area contributed by atoms with Crippen molar-refractivity contribution in [1.82, 2.24) is 9.62 Å². The van der Waals surface area contributed by atoms with Crippen LogP contribution in [0.15, 0.2) is 77.7 Å². The predicted molar refractivity (Wildman–Crippen MR) is 158 cm³/mol. The highest BCUT2D eigenvalue weighted by atomic mass is 32.2. The molecule has 0 radical (unpaired) electrons. The lowest BCUT2D eigenvalue weighted by atomic mass is 10.0. The second-order valence-electron chi connectivity index (χ2n) is 10.8. The molecule has 5 atom stereocenters. The van der Waals surface area contributed by atoms with Crippen molar-refractivity contribution < 1.29 is 47.5 Å². The molecule has 0 saturated carbocycles. The molecule has 0 bridgehead atoms. The van der Waals surface area contributed by atoms with Crippen LogP contribution < -0.4 is 10.1 Å². The van der Waals surface area contributed by atoms with Gasteiger partial charge in [0.25, 0.3) is 0 Å². The molecule has 3 aromatic rings. The summed E-state index contributed by atoms with van der Waals surface area (Å²) in [5, 5.41) is 34.1. The largest absolute Gasteiger partial charge is 0.504 e. The SMILES string of the molecule is COc1ccc(S(=O)(=O)N(Cc2ccc(O)c(O)c2)CC(O)C(Cc2ccccc2)NC(=O)OC2COC3OCCC23)cc1. The summed E-state index contributed by atoms with van der Waals surface area (Å²) in [5.74, 6) is -0.382. The van der Waals surface area contributed by atoms with Gasteiger partial charge in [-0.05, 0) is 60.4 Å². The first-order valence-corrected chi connectivity index (χ1v) is 15.7. The maximum Gasteiger partial charge on any atom is 0.407 e. The number of phenols is 2. The van der Waals surface area contributed by atoms with Gasteiger partial charge in [-0.15, -0.1) is 0 Å². The van der Waals surface area contributed by atoms with Crippen molar-refractivity contribution in [2.24, 2.45) is 5.92 Å². The number of nitrogens with one attached hydrogen (secondary N) is 1. The zero-order valence-electron chi connectivity index (χ0n) is 24.1. The molecule has 44 heavy (non-hydrogen) atoms. The number of methoxy groups -OCH3 is 1. The average molecular weight is 629 g/mol. The molecule has 2 aliphatic rings. The van der Waals surface area contributed by atoms with Crippen molar-refractivity contribution in [2.75, 3.05) is 26.9 Å². The Morgan fingerprint density at radius 3 is 2.48 bits per heavy atom. The molecule has 13 heteroatoms. The number of carbonyl (C=O) groups excluding carboxylic acids is 1. The van der Waals surface area contributed by atoms with Crippen LogP contribution in [0.2, 0.25) is 0 Å². The lowest BCUT2D eigenvalue weighted by Gasteiger charge is -2.30. The zero-order chi connectivity index (χ0) is 31.3. The van der Waals surface area contributed by atoms with Crippen LogP contribution in [0.1, 0.15) is 17.5 Å². The normalized spacial score (nSPS) is 21.0. The van der Waals surface area contributed by atoms with E-state index in [1.54, 1.807) is 0 Å². The maximum atomic E-state index is 13.9. The number of aromatic hydroxyl groups is 2. The Bertz CT molecular complexity index is 1520. The summed E-state index contributed by atoms with van der Waals surface area (Å²) >= 11 is 0. The number of aliphatic hydroxyl groups excluding tert-OH is 1. The van der Waals surface area contributed by atoms with E-state index in [2.05, 4.69) is 5.32 Å². The third-order valence-corrected chi connectivity index (χ3v) is 9.62. The van der Waals surface area contributed by atoms with Gasteiger partial charge in [0.15, 0.2) is 17.8 Å². The third-order valence-electron chi connectivity index (χ3n) is 7.80. The highest BCUT2D eigenvalue weighted by molar-refractivity contribution is 7.89. The fourth-order valence-corrected chi connectivity index (χ4v) is 6.82. The third kappa shape index (κ3) is 7.42. The van der Waals surface area contributed by atoms with Crippen LogP contribution in [0.3, 0.4) is 0 Å². The Labute approximate surface area is 255 Å². The van der Waals surface area contributed by atoms with E-state index >= 15 is 0 Å². The van der Waals surface area contributed by atoms with E-state index in [1.807, 2.05) is 30.3 Å². The molecule has 4 N–H and O–H groups in total. The number of sulfonamides is 1. The van der Waals surface area contributed by atoms with Gasteiger partial charge in [0, 0.05) is 13.1 Å². The number of nitrogens with zero attached hydrogens (tertiary/aromatic N) is 1. The predicted octanol–water partition coefficient (Wildman–Crippen LogP) is 2.76. The fourth-order valence-electron chi connectivity index (χ4n) is 5.37. The van der Waals surface area contributed by atoms with Gasteiger partial charge in [-0.3, -0.25) is 0 Å². The van der Waals surface area contributed by atoms with E-state index in [9.17, 15) is 28.5 Å². The van der Waals surface area contributed by atoms with Crippen LogP contribution >= 0.6 is 0 Å². The summed E-state index contributed by atoms with van der Waals surface area (Å²) in [7, 11) is -2.74. The van der Waals surface area contributed by atoms with Gasteiger partial charge < -0.3 is 39.6 Å². The molecule has 0 spiro atoms. The standard InChI is InChI=1S/C31H36N2O10S/c1-40-22-8-10-23(11-9-22)44(38,39)33(17-21-7-12-26(34)27(35)16-21)18-28(36)25(15-20-5-3-2-4-6-20)32-31(37)43-29-19-42-30-24(29)13-14-41-30/h2-12,16,24-25,28-30,34-36H,13-15,17-19H2,1H3,(H,32,37). The lowest BCUT2D eigenvalue weighted by molar-refractivity contribution is -0.0907. The average Bonchev–Trinajstić information content (AvgIpc) is 3.64. The number of amides is 1. The van der Waals surface area contributed by atoms with Gasteiger partial charge >= 0.3 is 6.09 Å². The summed E-state index contributed by atoms with van der Waals surface area (Å²) in [6.07, 6.45) is -2.18. The first-order valence-electron chi connectivity index (χ1n) is 14.2. The van der Waals surface area contributed by atoms with E-state index in [0.29, 0.717) is 24.3 Å². The molecule has 2 fully saturated rings. The first-order chi connectivity index (χ1) is 21.1. The van der Waals surface area contributed by atoms with Crippen LogP contribution in [-0.2, 0) is 37.2 Å². The number of phenolic OH excluding ortho intramolecular Hbond substituents is 2. The van der Waals surface area contributed by atoms with Crippen molar-refractivity contribution in [2.45, 2.75) is 48.8 Å². The van der Waals surface area contributed by atoms with E-state index in [-0.39, 0.29) is 36.1 Å². The first kappa shape index (κ1) is 31.5. The zero-order valence-corrected chi connectivity index (χ0v) is 24.9. The molecule has 12 nitrogen and oxygen atoms in total. The quantitative estimate of drug-likeness (QED) is 0.219. The molecule has 1 amide bonds. The number of aliphatic hydroxyl groups is 1. The highest BCUT2D eigenvalue weighted by Crippen LogP contribution is 2.33. The molecular formula is C31H36N2O10S. The summed E-state index contributed by atoms with van der Waals surface area (Å²) < 4.78 is 50.7. The summed E-state index contributed by atoms with van der Waals surface area (Å²) in [4.78, 5) is 13.0. The van der Waals surface area contributed by atoms with Crippen LogP contribution in [0.4, 0.5) is 4.79 Å². The number of hydrogen-bond donors (Lipinski definition) is 4. The Morgan fingerprint density at radius 2 is 1.77 bits per heavy atom. The van der Waals surface area contributed by atoms with Gasteiger partial charge in [-0.1, -0.05) is 36.4 Å². The van der Waals surface area contributed by atoms with Gasteiger partial charge in [-0.25, -0.2) is 13.2 Å². The molecule has 0 aromatic heterocycles. The summed E-state index contributed by atoms with van der Waals surface area (Å²) in [6.45, 7) is 0.0502. The summed E-state index contributed by atoms with van der Waals surface area (Å²) in [6, 6.07) is 18.0. The number of alkyl carbamates (subject to hydrolysis) is 1. The van der Waals surface area contributed by atoms with Crippen LogP contribution in [0.5, 0.6) is 17.2 Å². The Kier molecular flexibility index (Phi) is 9.91. The number of hydrogen-bond acceptors (Lipinski definition) is 10. The lowest BCUT2D eigenvalue weighted by Crippen LogP contribution is -2.51. The van der Waals surface area contributed by atoms with Crippen molar-refractivity contribution in [3.63, 3.8) is 0 Å². The molecule has 2 saturated heterocycles. The molecule has 3 aromatic carbocycles. The molecule has 5 unspecified atom stereocenters. The monoisotopic (exact) mass is 628 g/mol. The van der Waals surface area contributed by atoms with Gasteiger partial charge in [0.05, 0.1) is 43.3 Å². The second kappa shape index (κ2) is 13.8. The summed E-state index contributed by atoms with van der Waals surface area (Å²) in [5.41, 5.74) is 1.17. The minimum Gasteiger partial charge on any atom is -0.504 e. The van der Waals surface area contributed by atoms with E-state index in [1.165, 1.54) is 49.6 Å². The van der Waals surface area contributed by atoms with Crippen molar-refractivity contribution >= 4 is 16.1 Å². The number of benzene rings is 3. The van der Waals surface area contributed by atoms with Gasteiger partial charge in [0.1, 0.15) is 11.9 Å². The number of rotatable bonds is 12. The number of carbonyl (C=O) groups is 1. The van der Waals surface area contributed by atoms with E-state index in [4.69, 9.17) is 18.9 Å². The van der Waals surface area contributed by atoms with E-state index in [0.717, 1.165) is 9.87 Å². The molecule has 236 valence electrons. The molecule has 2 heterocycles. The Balaban J connectivity index is 1.39. The highest BCUT2D eigenvalue weighted by Gasteiger charge is 2.44. The number of ether oxygens (including phenoxy) is 4. The molecule has 2 aliphatic heterocycles.